The summed E-state index contributed by atoms with van der Waals surface area (Å²) in [5.41, 5.74) is 1.88. The molecule has 1 amide bonds. The van der Waals surface area contributed by atoms with Crippen molar-refractivity contribution >= 4 is 5.91 Å². The lowest BCUT2D eigenvalue weighted by atomic mass is 10.2. The second-order valence-electron chi connectivity index (χ2n) is 6.44. The zero-order chi connectivity index (χ0) is 20.8. The lowest BCUT2D eigenvalue weighted by Crippen LogP contribution is -2.33. The van der Waals surface area contributed by atoms with Crippen molar-refractivity contribution < 1.29 is 14.3 Å². The van der Waals surface area contributed by atoms with Gasteiger partial charge in [0.2, 0.25) is 5.91 Å². The van der Waals surface area contributed by atoms with E-state index < -0.39 is 0 Å². The van der Waals surface area contributed by atoms with Gasteiger partial charge in [0.05, 0.1) is 14.2 Å². The van der Waals surface area contributed by atoms with Gasteiger partial charge in [-0.2, -0.15) is 0 Å². The summed E-state index contributed by atoms with van der Waals surface area (Å²) in [7, 11) is 3.11. The molecule has 0 spiro atoms. The van der Waals surface area contributed by atoms with Crippen molar-refractivity contribution in [3.05, 3.63) is 76.2 Å². The maximum atomic E-state index is 12.6. The van der Waals surface area contributed by atoms with Crippen LogP contribution in [0.2, 0.25) is 0 Å². The standard InChI is InChI=1S/C22H23N3O4/c1-15-12-20(27)25(22(24-15)16-8-5-4-6-9-16)14-19(26)23-13-17-10-7-11-18(28-2)21(17)29-3/h4-12H,13-14H2,1-3H3,(H,23,26). The Labute approximate surface area is 168 Å². The van der Waals surface area contributed by atoms with Crippen LogP contribution >= 0.6 is 0 Å². The highest BCUT2D eigenvalue weighted by molar-refractivity contribution is 5.76. The number of nitrogens with zero attached hydrogens (tertiary/aromatic N) is 2. The van der Waals surface area contributed by atoms with Crippen molar-refractivity contribution in [2.75, 3.05) is 14.2 Å². The molecule has 0 bridgehead atoms. The van der Waals surface area contributed by atoms with Crippen molar-refractivity contribution in [3.8, 4) is 22.9 Å². The SMILES string of the molecule is COc1cccc(CNC(=O)Cn2c(-c3ccccc3)nc(C)cc2=O)c1OC. The summed E-state index contributed by atoms with van der Waals surface area (Å²) in [6.07, 6.45) is 0. The average Bonchev–Trinajstić information content (AvgIpc) is 2.74. The van der Waals surface area contributed by atoms with E-state index in [1.165, 1.54) is 10.6 Å². The van der Waals surface area contributed by atoms with E-state index in [0.717, 1.165) is 11.1 Å². The number of amides is 1. The molecule has 3 aromatic rings. The number of aromatic nitrogens is 2. The van der Waals surface area contributed by atoms with E-state index in [0.29, 0.717) is 23.0 Å². The summed E-state index contributed by atoms with van der Waals surface area (Å²) in [5.74, 6) is 1.31. The monoisotopic (exact) mass is 393 g/mol. The lowest BCUT2D eigenvalue weighted by Gasteiger charge is -2.15. The van der Waals surface area contributed by atoms with Crippen LogP contribution in [0.1, 0.15) is 11.3 Å². The van der Waals surface area contributed by atoms with E-state index in [4.69, 9.17) is 9.47 Å². The highest BCUT2D eigenvalue weighted by Crippen LogP contribution is 2.30. The van der Waals surface area contributed by atoms with Crippen LogP contribution in [0.5, 0.6) is 11.5 Å². The molecule has 0 unspecified atom stereocenters. The Morgan fingerprint density at radius 3 is 2.52 bits per heavy atom. The number of hydrogen-bond donors (Lipinski definition) is 1. The van der Waals surface area contributed by atoms with Crippen LogP contribution in [-0.4, -0.2) is 29.7 Å². The van der Waals surface area contributed by atoms with Gasteiger partial charge in [-0.15, -0.1) is 0 Å². The van der Waals surface area contributed by atoms with Crippen molar-refractivity contribution in [3.63, 3.8) is 0 Å². The zero-order valence-electron chi connectivity index (χ0n) is 16.6. The average molecular weight is 393 g/mol. The number of nitrogens with one attached hydrogen (secondary N) is 1. The third-order valence-corrected chi connectivity index (χ3v) is 4.43. The van der Waals surface area contributed by atoms with Crippen molar-refractivity contribution in [2.45, 2.75) is 20.0 Å². The third kappa shape index (κ3) is 4.63. The second kappa shape index (κ2) is 9.05. The Hall–Kier alpha value is -3.61. The number of methoxy groups -OCH3 is 2. The molecule has 7 heteroatoms. The molecule has 1 aromatic heterocycles. The largest absolute Gasteiger partial charge is 0.493 e. The number of benzene rings is 2. The Morgan fingerprint density at radius 1 is 1.07 bits per heavy atom. The third-order valence-electron chi connectivity index (χ3n) is 4.43. The first-order valence-corrected chi connectivity index (χ1v) is 9.14. The Morgan fingerprint density at radius 2 is 1.83 bits per heavy atom. The maximum absolute atomic E-state index is 12.6. The van der Waals surface area contributed by atoms with E-state index in [9.17, 15) is 9.59 Å². The van der Waals surface area contributed by atoms with Gasteiger partial charge in [0.15, 0.2) is 11.5 Å². The predicted octanol–water partition coefficient (Wildman–Crippen LogP) is 2.55. The number of ether oxygens (including phenoxy) is 2. The van der Waals surface area contributed by atoms with E-state index in [1.54, 1.807) is 27.2 Å². The van der Waals surface area contributed by atoms with Crippen LogP contribution in [0.3, 0.4) is 0 Å². The fourth-order valence-electron chi connectivity index (χ4n) is 3.07. The van der Waals surface area contributed by atoms with Crippen molar-refractivity contribution in [2.24, 2.45) is 0 Å². The van der Waals surface area contributed by atoms with Gasteiger partial charge in [0.1, 0.15) is 12.4 Å². The van der Waals surface area contributed by atoms with E-state index in [-0.39, 0.29) is 24.6 Å². The van der Waals surface area contributed by atoms with Crippen LogP contribution in [0.25, 0.3) is 11.4 Å². The summed E-state index contributed by atoms with van der Waals surface area (Å²) >= 11 is 0. The molecule has 7 nitrogen and oxygen atoms in total. The Balaban J connectivity index is 1.81. The van der Waals surface area contributed by atoms with Gasteiger partial charge in [-0.05, 0) is 13.0 Å². The molecule has 0 fully saturated rings. The van der Waals surface area contributed by atoms with Crippen LogP contribution < -0.4 is 20.3 Å². The summed E-state index contributed by atoms with van der Waals surface area (Å²) < 4.78 is 12.0. The molecule has 0 radical (unpaired) electrons. The number of aryl methyl sites for hydroxylation is 1. The minimum atomic E-state index is -0.306. The molecule has 2 aromatic carbocycles. The highest BCUT2D eigenvalue weighted by Gasteiger charge is 2.14. The van der Waals surface area contributed by atoms with Crippen molar-refractivity contribution in [1.29, 1.82) is 0 Å². The molecular weight excluding hydrogens is 370 g/mol. The molecule has 0 saturated carbocycles. The topological polar surface area (TPSA) is 82.5 Å². The number of rotatable bonds is 7. The molecule has 150 valence electrons. The van der Waals surface area contributed by atoms with Crippen LogP contribution in [-0.2, 0) is 17.9 Å². The summed E-state index contributed by atoms with van der Waals surface area (Å²) in [6, 6.07) is 16.2. The molecule has 0 aliphatic rings. The quantitative estimate of drug-likeness (QED) is 0.667. The molecule has 1 heterocycles. The molecular formula is C22H23N3O4. The van der Waals surface area contributed by atoms with E-state index >= 15 is 0 Å². The first-order valence-electron chi connectivity index (χ1n) is 9.14. The number of hydrogen-bond acceptors (Lipinski definition) is 5. The lowest BCUT2D eigenvalue weighted by molar-refractivity contribution is -0.121. The van der Waals surface area contributed by atoms with Gasteiger partial charge in [0.25, 0.3) is 5.56 Å². The maximum Gasteiger partial charge on any atom is 0.254 e. The van der Waals surface area contributed by atoms with Gasteiger partial charge < -0.3 is 14.8 Å². The second-order valence-corrected chi connectivity index (χ2v) is 6.44. The number of carbonyl (C=O) groups is 1. The predicted molar refractivity (Wildman–Crippen MR) is 110 cm³/mol. The van der Waals surface area contributed by atoms with Gasteiger partial charge in [-0.3, -0.25) is 14.2 Å². The molecule has 0 aliphatic heterocycles. The van der Waals surface area contributed by atoms with Gasteiger partial charge in [-0.25, -0.2) is 4.98 Å². The fourth-order valence-corrected chi connectivity index (χ4v) is 3.07. The van der Waals surface area contributed by atoms with Crippen LogP contribution in [0.4, 0.5) is 0 Å². The van der Waals surface area contributed by atoms with Gasteiger partial charge in [-0.1, -0.05) is 42.5 Å². The molecule has 3 rings (SSSR count). The highest BCUT2D eigenvalue weighted by atomic mass is 16.5. The number of carbonyl (C=O) groups excluding carboxylic acids is 1. The minimum Gasteiger partial charge on any atom is -0.493 e. The molecule has 1 N–H and O–H groups in total. The van der Waals surface area contributed by atoms with Crippen LogP contribution in [0.15, 0.2) is 59.4 Å². The normalized spacial score (nSPS) is 10.4. The fraction of sp³-hybridized carbons (Fsp3) is 0.227. The molecule has 29 heavy (non-hydrogen) atoms. The first kappa shape index (κ1) is 20.1. The smallest absolute Gasteiger partial charge is 0.254 e. The summed E-state index contributed by atoms with van der Waals surface area (Å²) in [6.45, 7) is 1.86. The Bertz CT molecular complexity index is 1060. The van der Waals surface area contributed by atoms with Gasteiger partial charge in [0, 0.05) is 29.4 Å². The summed E-state index contributed by atoms with van der Waals surface area (Å²) in [4.78, 5) is 29.6. The zero-order valence-corrected chi connectivity index (χ0v) is 16.6. The molecule has 0 aliphatic carbocycles. The minimum absolute atomic E-state index is 0.136. The Kier molecular flexibility index (Phi) is 6.29. The van der Waals surface area contributed by atoms with Gasteiger partial charge >= 0.3 is 0 Å². The molecule has 0 saturated heterocycles. The summed E-state index contributed by atoms with van der Waals surface area (Å²) in [5, 5.41) is 2.83. The number of para-hydroxylation sites is 1. The first-order chi connectivity index (χ1) is 14.0. The van der Waals surface area contributed by atoms with E-state index in [1.807, 2.05) is 42.5 Å². The van der Waals surface area contributed by atoms with Crippen LogP contribution in [0, 0.1) is 6.92 Å². The van der Waals surface area contributed by atoms with E-state index in [2.05, 4.69) is 10.3 Å². The molecule has 0 atom stereocenters. The van der Waals surface area contributed by atoms with Crippen molar-refractivity contribution in [1.82, 2.24) is 14.9 Å².